The number of hydrogen-bond acceptors (Lipinski definition) is 2. The normalized spacial score (nSPS) is 10.3. The summed E-state index contributed by atoms with van der Waals surface area (Å²) < 4.78 is 18.5. The van der Waals surface area contributed by atoms with E-state index in [9.17, 15) is 4.39 Å². The maximum Gasteiger partial charge on any atom is 0.124 e. The van der Waals surface area contributed by atoms with Crippen molar-refractivity contribution in [1.82, 2.24) is 0 Å². The Kier molecular flexibility index (Phi) is 5.24. The van der Waals surface area contributed by atoms with Crippen LogP contribution in [0.2, 0.25) is 5.02 Å². The smallest absolute Gasteiger partial charge is 0.124 e. The third-order valence-corrected chi connectivity index (χ3v) is 3.12. The van der Waals surface area contributed by atoms with E-state index in [0.717, 1.165) is 30.0 Å². The van der Waals surface area contributed by atoms with Gasteiger partial charge in [0.2, 0.25) is 0 Å². The van der Waals surface area contributed by atoms with Gasteiger partial charge in [-0.25, -0.2) is 4.39 Å². The Morgan fingerprint density at radius 1 is 1.15 bits per heavy atom. The van der Waals surface area contributed by atoms with Crippen molar-refractivity contribution >= 4 is 17.3 Å². The van der Waals surface area contributed by atoms with E-state index in [1.165, 1.54) is 12.1 Å². The molecule has 0 aliphatic heterocycles. The van der Waals surface area contributed by atoms with Crippen LogP contribution < -0.4 is 10.1 Å². The standard InChI is InChI=1S/C16H17ClFNO/c1-2-9-20-14-6-3-12(4-7-14)11-19-16-8-5-13(18)10-15(16)17/h3-8,10,19H,2,9,11H2,1H3. The summed E-state index contributed by atoms with van der Waals surface area (Å²) in [6, 6.07) is 12.2. The minimum Gasteiger partial charge on any atom is -0.494 e. The van der Waals surface area contributed by atoms with Crippen LogP contribution >= 0.6 is 11.6 Å². The first-order valence-electron chi connectivity index (χ1n) is 6.59. The summed E-state index contributed by atoms with van der Waals surface area (Å²) in [4.78, 5) is 0. The van der Waals surface area contributed by atoms with E-state index >= 15 is 0 Å². The molecule has 0 heterocycles. The van der Waals surface area contributed by atoms with Crippen molar-refractivity contribution in [2.45, 2.75) is 19.9 Å². The van der Waals surface area contributed by atoms with Gasteiger partial charge in [-0.1, -0.05) is 30.7 Å². The first-order valence-corrected chi connectivity index (χ1v) is 6.97. The highest BCUT2D eigenvalue weighted by Crippen LogP contribution is 2.23. The number of benzene rings is 2. The molecule has 1 N–H and O–H groups in total. The van der Waals surface area contributed by atoms with Gasteiger partial charge >= 0.3 is 0 Å². The van der Waals surface area contributed by atoms with E-state index in [0.29, 0.717) is 11.6 Å². The highest BCUT2D eigenvalue weighted by Gasteiger charge is 2.02. The molecule has 0 saturated carbocycles. The Balaban J connectivity index is 1.93. The molecule has 0 aliphatic carbocycles. The molecule has 0 bridgehead atoms. The van der Waals surface area contributed by atoms with E-state index in [2.05, 4.69) is 12.2 Å². The van der Waals surface area contributed by atoms with E-state index in [-0.39, 0.29) is 5.82 Å². The minimum atomic E-state index is -0.335. The molecule has 0 atom stereocenters. The lowest BCUT2D eigenvalue weighted by atomic mass is 10.2. The maximum atomic E-state index is 12.9. The fourth-order valence-corrected chi connectivity index (χ4v) is 1.99. The Labute approximate surface area is 123 Å². The van der Waals surface area contributed by atoms with Gasteiger partial charge in [0.05, 0.1) is 17.3 Å². The molecule has 0 unspecified atom stereocenters. The monoisotopic (exact) mass is 293 g/mol. The lowest BCUT2D eigenvalue weighted by Crippen LogP contribution is -2.00. The highest BCUT2D eigenvalue weighted by atomic mass is 35.5. The van der Waals surface area contributed by atoms with Crippen LogP contribution in [0.1, 0.15) is 18.9 Å². The van der Waals surface area contributed by atoms with Crippen LogP contribution in [0, 0.1) is 5.82 Å². The zero-order chi connectivity index (χ0) is 14.4. The number of nitrogens with one attached hydrogen (secondary N) is 1. The van der Waals surface area contributed by atoms with Crippen molar-refractivity contribution in [3.8, 4) is 5.75 Å². The van der Waals surface area contributed by atoms with E-state index in [1.807, 2.05) is 24.3 Å². The fraction of sp³-hybridized carbons (Fsp3) is 0.250. The summed E-state index contributed by atoms with van der Waals surface area (Å²) in [6.45, 7) is 3.42. The van der Waals surface area contributed by atoms with Crippen LogP contribution in [-0.4, -0.2) is 6.61 Å². The molecule has 0 radical (unpaired) electrons. The third-order valence-electron chi connectivity index (χ3n) is 2.81. The molecule has 0 spiro atoms. The van der Waals surface area contributed by atoms with Gasteiger partial charge in [0.15, 0.2) is 0 Å². The summed E-state index contributed by atoms with van der Waals surface area (Å²) >= 11 is 5.96. The third kappa shape index (κ3) is 4.14. The number of anilines is 1. The van der Waals surface area contributed by atoms with E-state index < -0.39 is 0 Å². The summed E-state index contributed by atoms with van der Waals surface area (Å²) in [6.07, 6.45) is 0.992. The number of halogens is 2. The minimum absolute atomic E-state index is 0.335. The molecule has 0 aliphatic rings. The second-order valence-electron chi connectivity index (χ2n) is 4.47. The van der Waals surface area contributed by atoms with Crippen molar-refractivity contribution in [3.63, 3.8) is 0 Å². The average Bonchev–Trinajstić information content (AvgIpc) is 2.45. The lowest BCUT2D eigenvalue weighted by Gasteiger charge is -2.09. The zero-order valence-corrected chi connectivity index (χ0v) is 12.1. The lowest BCUT2D eigenvalue weighted by molar-refractivity contribution is 0.317. The molecule has 0 saturated heterocycles. The number of rotatable bonds is 6. The van der Waals surface area contributed by atoms with Crippen molar-refractivity contribution in [1.29, 1.82) is 0 Å². The second kappa shape index (κ2) is 7.15. The van der Waals surface area contributed by atoms with Gasteiger partial charge in [0.25, 0.3) is 0 Å². The van der Waals surface area contributed by atoms with Crippen LogP contribution in [0.4, 0.5) is 10.1 Å². The van der Waals surface area contributed by atoms with Gasteiger partial charge in [-0.15, -0.1) is 0 Å². The van der Waals surface area contributed by atoms with Gasteiger partial charge < -0.3 is 10.1 Å². The van der Waals surface area contributed by atoms with Crippen molar-refractivity contribution in [3.05, 3.63) is 58.9 Å². The summed E-state index contributed by atoms with van der Waals surface area (Å²) in [5.74, 6) is 0.536. The first-order chi connectivity index (χ1) is 9.69. The predicted molar refractivity (Wildman–Crippen MR) is 81.0 cm³/mol. The summed E-state index contributed by atoms with van der Waals surface area (Å²) in [5, 5.41) is 3.56. The Morgan fingerprint density at radius 2 is 1.90 bits per heavy atom. The quantitative estimate of drug-likeness (QED) is 0.819. The molecule has 2 aromatic rings. The van der Waals surface area contributed by atoms with Gasteiger partial charge in [0, 0.05) is 6.54 Å². The topological polar surface area (TPSA) is 21.3 Å². The molecule has 0 fully saturated rings. The molecule has 2 nitrogen and oxygen atoms in total. The number of hydrogen-bond donors (Lipinski definition) is 1. The molecule has 2 rings (SSSR count). The van der Waals surface area contributed by atoms with Gasteiger partial charge in [-0.2, -0.15) is 0 Å². The van der Waals surface area contributed by atoms with Gasteiger partial charge in [-0.05, 0) is 42.3 Å². The number of ether oxygens (including phenoxy) is 1. The van der Waals surface area contributed by atoms with Crippen LogP contribution in [0.5, 0.6) is 5.75 Å². The van der Waals surface area contributed by atoms with Crippen LogP contribution in [0.25, 0.3) is 0 Å². The molecule has 0 amide bonds. The molecule has 4 heteroatoms. The Bertz CT molecular complexity index is 557. The van der Waals surface area contributed by atoms with Gasteiger partial charge in [0.1, 0.15) is 11.6 Å². The predicted octanol–water partition coefficient (Wildman–Crippen LogP) is 4.88. The zero-order valence-electron chi connectivity index (χ0n) is 11.3. The molecule has 0 aromatic heterocycles. The molecular weight excluding hydrogens is 277 g/mol. The Hall–Kier alpha value is -1.74. The van der Waals surface area contributed by atoms with Gasteiger partial charge in [-0.3, -0.25) is 0 Å². The Morgan fingerprint density at radius 3 is 2.55 bits per heavy atom. The first kappa shape index (κ1) is 14.7. The summed E-state index contributed by atoms with van der Waals surface area (Å²) in [7, 11) is 0. The fourth-order valence-electron chi connectivity index (χ4n) is 1.75. The van der Waals surface area contributed by atoms with Crippen molar-refractivity contribution in [2.75, 3.05) is 11.9 Å². The van der Waals surface area contributed by atoms with Crippen LogP contribution in [0.3, 0.4) is 0 Å². The van der Waals surface area contributed by atoms with Crippen LogP contribution in [-0.2, 0) is 6.54 Å². The van der Waals surface area contributed by atoms with Crippen molar-refractivity contribution in [2.24, 2.45) is 0 Å². The molecular formula is C16H17ClFNO. The van der Waals surface area contributed by atoms with Crippen molar-refractivity contribution < 1.29 is 9.13 Å². The SMILES string of the molecule is CCCOc1ccc(CNc2ccc(F)cc2Cl)cc1. The molecule has 2 aromatic carbocycles. The largest absolute Gasteiger partial charge is 0.494 e. The second-order valence-corrected chi connectivity index (χ2v) is 4.88. The average molecular weight is 294 g/mol. The highest BCUT2D eigenvalue weighted by molar-refractivity contribution is 6.33. The van der Waals surface area contributed by atoms with E-state index in [1.54, 1.807) is 6.07 Å². The van der Waals surface area contributed by atoms with E-state index in [4.69, 9.17) is 16.3 Å². The van der Waals surface area contributed by atoms with Crippen LogP contribution in [0.15, 0.2) is 42.5 Å². The molecule has 20 heavy (non-hydrogen) atoms. The maximum absolute atomic E-state index is 12.9. The summed E-state index contributed by atoms with van der Waals surface area (Å²) in [5.41, 5.74) is 1.83. The molecule has 106 valence electrons.